The van der Waals surface area contributed by atoms with Gasteiger partial charge in [0, 0.05) is 0 Å². The third kappa shape index (κ3) is 1.23. The van der Waals surface area contributed by atoms with Gasteiger partial charge in [-0.05, 0) is 42.0 Å². The largest absolute Gasteiger partial charge is 0.0984 e. The van der Waals surface area contributed by atoms with Crippen LogP contribution in [0.4, 0.5) is 0 Å². The van der Waals surface area contributed by atoms with E-state index in [1.807, 2.05) is 6.08 Å². The molecular formula is C13H14. The molecule has 0 radical (unpaired) electrons. The lowest BCUT2D eigenvalue weighted by Gasteiger charge is -2.04. The summed E-state index contributed by atoms with van der Waals surface area (Å²) in [5.74, 6) is 0. The lowest BCUT2D eigenvalue weighted by molar-refractivity contribution is 1.08. The van der Waals surface area contributed by atoms with Crippen LogP contribution in [-0.4, -0.2) is 0 Å². The molecule has 1 aliphatic carbocycles. The van der Waals surface area contributed by atoms with Crippen molar-refractivity contribution in [3.8, 4) is 0 Å². The van der Waals surface area contributed by atoms with Gasteiger partial charge in [0.1, 0.15) is 0 Å². The van der Waals surface area contributed by atoms with Gasteiger partial charge in [-0.1, -0.05) is 36.9 Å². The summed E-state index contributed by atoms with van der Waals surface area (Å²) in [6.07, 6.45) is 6.56. The van der Waals surface area contributed by atoms with Gasteiger partial charge < -0.3 is 0 Å². The Hall–Kier alpha value is -1.30. The fourth-order valence-corrected chi connectivity index (χ4v) is 2.07. The van der Waals surface area contributed by atoms with Crippen LogP contribution in [-0.2, 0) is 6.42 Å². The third-order valence-electron chi connectivity index (χ3n) is 2.74. The SMILES string of the molecule is C=Cc1cccc2c1/C(=C\C)CC2. The molecule has 0 unspecified atom stereocenters. The number of aryl methyl sites for hydroxylation is 1. The Morgan fingerprint density at radius 2 is 2.15 bits per heavy atom. The molecule has 0 heterocycles. The van der Waals surface area contributed by atoms with Gasteiger partial charge in [-0.25, -0.2) is 0 Å². The van der Waals surface area contributed by atoms with E-state index in [0.717, 1.165) is 0 Å². The van der Waals surface area contributed by atoms with Crippen LogP contribution in [0, 0.1) is 0 Å². The molecule has 0 saturated carbocycles. The highest BCUT2D eigenvalue weighted by Gasteiger charge is 2.16. The zero-order valence-electron chi connectivity index (χ0n) is 8.01. The summed E-state index contributed by atoms with van der Waals surface area (Å²) in [5.41, 5.74) is 5.67. The summed E-state index contributed by atoms with van der Waals surface area (Å²) in [6, 6.07) is 6.48. The second-order valence-electron chi connectivity index (χ2n) is 3.40. The average Bonchev–Trinajstić information content (AvgIpc) is 2.60. The minimum Gasteiger partial charge on any atom is -0.0984 e. The lowest BCUT2D eigenvalue weighted by atomic mass is 10.0. The summed E-state index contributed by atoms with van der Waals surface area (Å²) in [7, 11) is 0. The molecule has 0 amide bonds. The van der Waals surface area contributed by atoms with Crippen molar-refractivity contribution in [3.63, 3.8) is 0 Å². The highest BCUT2D eigenvalue weighted by molar-refractivity contribution is 5.79. The number of benzene rings is 1. The van der Waals surface area contributed by atoms with Crippen molar-refractivity contribution in [1.29, 1.82) is 0 Å². The fourth-order valence-electron chi connectivity index (χ4n) is 2.07. The van der Waals surface area contributed by atoms with E-state index in [1.54, 1.807) is 0 Å². The van der Waals surface area contributed by atoms with Crippen LogP contribution < -0.4 is 0 Å². The number of allylic oxidation sites excluding steroid dienone is 2. The van der Waals surface area contributed by atoms with Crippen LogP contribution in [0.1, 0.15) is 30.0 Å². The molecule has 1 aliphatic rings. The van der Waals surface area contributed by atoms with E-state index in [9.17, 15) is 0 Å². The first-order valence-electron chi connectivity index (χ1n) is 4.76. The van der Waals surface area contributed by atoms with E-state index in [2.05, 4.69) is 37.8 Å². The van der Waals surface area contributed by atoms with Crippen LogP contribution in [0.25, 0.3) is 11.6 Å². The molecular weight excluding hydrogens is 156 g/mol. The van der Waals surface area contributed by atoms with Crippen molar-refractivity contribution < 1.29 is 0 Å². The Balaban J connectivity index is 2.65. The quantitative estimate of drug-likeness (QED) is 0.603. The van der Waals surface area contributed by atoms with Gasteiger partial charge in [0.2, 0.25) is 0 Å². The van der Waals surface area contributed by atoms with Crippen molar-refractivity contribution in [2.24, 2.45) is 0 Å². The van der Waals surface area contributed by atoms with E-state index in [1.165, 1.54) is 35.1 Å². The normalized spacial score (nSPS) is 17.5. The number of rotatable bonds is 1. The summed E-state index contributed by atoms with van der Waals surface area (Å²) in [6.45, 7) is 5.97. The molecule has 0 nitrogen and oxygen atoms in total. The molecule has 0 aliphatic heterocycles. The van der Waals surface area contributed by atoms with Crippen LogP contribution in [0.15, 0.2) is 30.9 Å². The zero-order chi connectivity index (χ0) is 9.26. The number of hydrogen-bond donors (Lipinski definition) is 0. The minimum atomic E-state index is 1.19. The number of fused-ring (bicyclic) bond motifs is 1. The predicted molar refractivity (Wildman–Crippen MR) is 58.5 cm³/mol. The molecule has 1 aromatic carbocycles. The molecule has 2 rings (SSSR count). The van der Waals surface area contributed by atoms with Crippen LogP contribution in [0.5, 0.6) is 0 Å². The molecule has 0 saturated heterocycles. The average molecular weight is 170 g/mol. The van der Waals surface area contributed by atoms with Gasteiger partial charge in [-0.15, -0.1) is 0 Å². The summed E-state index contributed by atoms with van der Waals surface area (Å²) >= 11 is 0. The second kappa shape index (κ2) is 3.21. The van der Waals surface area contributed by atoms with Crippen molar-refractivity contribution in [2.45, 2.75) is 19.8 Å². The standard InChI is InChI=1S/C13H14/c1-3-10-6-5-7-12-9-8-11(4-2)13(10)12/h3-7H,1,8-9H2,2H3/b11-4-. The van der Waals surface area contributed by atoms with E-state index < -0.39 is 0 Å². The molecule has 0 fully saturated rings. The smallest absolute Gasteiger partial charge is 0.0123 e. The monoisotopic (exact) mass is 170 g/mol. The van der Waals surface area contributed by atoms with Gasteiger partial charge in [0.25, 0.3) is 0 Å². The van der Waals surface area contributed by atoms with Gasteiger partial charge >= 0.3 is 0 Å². The van der Waals surface area contributed by atoms with Gasteiger partial charge in [0.15, 0.2) is 0 Å². The first kappa shape index (κ1) is 8.31. The van der Waals surface area contributed by atoms with Crippen LogP contribution >= 0.6 is 0 Å². The van der Waals surface area contributed by atoms with Gasteiger partial charge in [-0.2, -0.15) is 0 Å². The maximum atomic E-state index is 3.85. The molecule has 66 valence electrons. The first-order chi connectivity index (χ1) is 6.36. The summed E-state index contributed by atoms with van der Waals surface area (Å²) in [4.78, 5) is 0. The summed E-state index contributed by atoms with van der Waals surface area (Å²) < 4.78 is 0. The Morgan fingerprint density at radius 3 is 2.85 bits per heavy atom. The fraction of sp³-hybridized carbons (Fsp3) is 0.231. The van der Waals surface area contributed by atoms with Gasteiger partial charge in [-0.3, -0.25) is 0 Å². The maximum Gasteiger partial charge on any atom is -0.0123 e. The van der Waals surface area contributed by atoms with Crippen molar-refractivity contribution >= 4 is 11.6 Å². The Labute approximate surface area is 79.6 Å². The second-order valence-corrected chi connectivity index (χ2v) is 3.40. The highest BCUT2D eigenvalue weighted by atomic mass is 14.2. The molecule has 0 atom stereocenters. The molecule has 0 aromatic heterocycles. The third-order valence-corrected chi connectivity index (χ3v) is 2.74. The van der Waals surface area contributed by atoms with Crippen LogP contribution in [0.2, 0.25) is 0 Å². The molecule has 0 bridgehead atoms. The maximum absolute atomic E-state index is 3.85. The molecule has 13 heavy (non-hydrogen) atoms. The lowest BCUT2D eigenvalue weighted by Crippen LogP contribution is -1.85. The van der Waals surface area contributed by atoms with Crippen LogP contribution in [0.3, 0.4) is 0 Å². The zero-order valence-corrected chi connectivity index (χ0v) is 8.01. The Kier molecular flexibility index (Phi) is 2.05. The molecule has 1 aromatic rings. The van der Waals surface area contributed by atoms with Gasteiger partial charge in [0.05, 0.1) is 0 Å². The molecule has 0 N–H and O–H groups in total. The van der Waals surface area contributed by atoms with Crippen molar-refractivity contribution in [2.75, 3.05) is 0 Å². The predicted octanol–water partition coefficient (Wildman–Crippen LogP) is 3.68. The topological polar surface area (TPSA) is 0 Å². The molecule has 0 spiro atoms. The van der Waals surface area contributed by atoms with Crippen molar-refractivity contribution in [1.82, 2.24) is 0 Å². The summed E-state index contributed by atoms with van der Waals surface area (Å²) in [5, 5.41) is 0. The van der Waals surface area contributed by atoms with E-state index in [0.29, 0.717) is 0 Å². The molecule has 0 heteroatoms. The Bertz CT molecular complexity index is 370. The minimum absolute atomic E-state index is 1.19. The first-order valence-corrected chi connectivity index (χ1v) is 4.76. The highest BCUT2D eigenvalue weighted by Crippen LogP contribution is 2.34. The van der Waals surface area contributed by atoms with E-state index >= 15 is 0 Å². The van der Waals surface area contributed by atoms with E-state index in [4.69, 9.17) is 0 Å². The number of hydrogen-bond acceptors (Lipinski definition) is 0. The van der Waals surface area contributed by atoms with Crippen molar-refractivity contribution in [3.05, 3.63) is 47.5 Å². The van der Waals surface area contributed by atoms with E-state index in [-0.39, 0.29) is 0 Å². The Morgan fingerprint density at radius 1 is 1.31 bits per heavy atom.